The van der Waals surface area contributed by atoms with Crippen LogP contribution in [0.4, 0.5) is 0 Å². The maximum Gasteiger partial charge on any atom is 0.0870 e. The van der Waals surface area contributed by atoms with E-state index in [4.69, 9.17) is 33.7 Å². The van der Waals surface area contributed by atoms with Gasteiger partial charge in [-0.05, 0) is 36.6 Å². The van der Waals surface area contributed by atoms with Crippen LogP contribution in [0.15, 0.2) is 18.2 Å². The highest BCUT2D eigenvalue weighted by atomic mass is 35.5. The third-order valence-corrected chi connectivity index (χ3v) is 4.80. The Hall–Kier alpha value is -0.280. The molecule has 1 aliphatic rings. The summed E-state index contributed by atoms with van der Waals surface area (Å²) in [7, 11) is 1.75. The van der Waals surface area contributed by atoms with Crippen molar-refractivity contribution >= 4 is 23.2 Å². The molecule has 0 heterocycles. The molecule has 2 rings (SSSR count). The minimum Gasteiger partial charge on any atom is -0.376 e. The molecule has 106 valence electrons. The number of ether oxygens (including phenoxy) is 1. The molecule has 1 aliphatic carbocycles. The van der Waals surface area contributed by atoms with Crippen LogP contribution < -0.4 is 5.73 Å². The molecule has 0 saturated heterocycles. The summed E-state index contributed by atoms with van der Waals surface area (Å²) in [5.41, 5.74) is 7.06. The van der Waals surface area contributed by atoms with Crippen molar-refractivity contribution in [3.63, 3.8) is 0 Å². The Morgan fingerprint density at radius 2 is 1.79 bits per heavy atom. The first-order valence-electron chi connectivity index (χ1n) is 6.85. The van der Waals surface area contributed by atoms with Crippen LogP contribution in [0.5, 0.6) is 0 Å². The molecule has 1 fully saturated rings. The molecule has 0 radical (unpaired) electrons. The van der Waals surface area contributed by atoms with E-state index >= 15 is 0 Å². The van der Waals surface area contributed by atoms with Crippen LogP contribution >= 0.6 is 23.2 Å². The third-order valence-electron chi connectivity index (χ3n) is 4.22. The molecule has 2 N–H and O–H groups in total. The van der Waals surface area contributed by atoms with E-state index < -0.39 is 0 Å². The summed E-state index contributed by atoms with van der Waals surface area (Å²) >= 11 is 12.3. The van der Waals surface area contributed by atoms with Crippen molar-refractivity contribution in [3.05, 3.63) is 33.8 Å². The highest BCUT2D eigenvalue weighted by molar-refractivity contribution is 6.33. The van der Waals surface area contributed by atoms with E-state index in [0.717, 1.165) is 31.2 Å². The number of methoxy groups -OCH3 is 1. The van der Waals surface area contributed by atoms with Gasteiger partial charge < -0.3 is 10.5 Å². The van der Waals surface area contributed by atoms with Gasteiger partial charge in [0.2, 0.25) is 0 Å². The maximum absolute atomic E-state index is 6.49. The normalized spacial score (nSPS) is 20.8. The number of halogens is 2. The van der Waals surface area contributed by atoms with Gasteiger partial charge in [-0.15, -0.1) is 0 Å². The first-order valence-corrected chi connectivity index (χ1v) is 7.60. The van der Waals surface area contributed by atoms with Crippen molar-refractivity contribution < 1.29 is 4.74 Å². The second-order valence-electron chi connectivity index (χ2n) is 5.33. The zero-order valence-electron chi connectivity index (χ0n) is 11.3. The molecule has 19 heavy (non-hydrogen) atoms. The zero-order valence-corrected chi connectivity index (χ0v) is 12.8. The Labute approximate surface area is 125 Å². The number of hydrogen-bond donors (Lipinski definition) is 1. The Balaban J connectivity index is 2.33. The van der Waals surface area contributed by atoms with Crippen molar-refractivity contribution in [1.82, 2.24) is 0 Å². The molecule has 1 aromatic carbocycles. The van der Waals surface area contributed by atoms with Gasteiger partial charge in [0.25, 0.3) is 0 Å². The van der Waals surface area contributed by atoms with Crippen LogP contribution in [-0.2, 0) is 4.74 Å². The molecule has 0 aromatic heterocycles. The second kappa shape index (κ2) is 6.45. The zero-order chi connectivity index (χ0) is 13.9. The van der Waals surface area contributed by atoms with Gasteiger partial charge in [0.1, 0.15) is 0 Å². The van der Waals surface area contributed by atoms with E-state index in [-0.39, 0.29) is 11.6 Å². The minimum atomic E-state index is -0.315. The van der Waals surface area contributed by atoms with Gasteiger partial charge in [0.15, 0.2) is 0 Å². The van der Waals surface area contributed by atoms with Gasteiger partial charge in [-0.1, -0.05) is 48.9 Å². The predicted octanol–water partition coefficient (Wildman–Crippen LogP) is 4.73. The fraction of sp³-hybridized carbons (Fsp3) is 0.600. The van der Waals surface area contributed by atoms with E-state index in [1.807, 2.05) is 6.07 Å². The predicted molar refractivity (Wildman–Crippen MR) is 80.8 cm³/mol. The molecule has 1 atom stereocenters. The summed E-state index contributed by atoms with van der Waals surface area (Å²) in [5, 5.41) is 1.33. The Morgan fingerprint density at radius 1 is 1.16 bits per heavy atom. The number of rotatable bonds is 3. The van der Waals surface area contributed by atoms with E-state index in [9.17, 15) is 0 Å². The molecular weight excluding hydrogens is 281 g/mol. The topological polar surface area (TPSA) is 35.2 Å². The number of nitrogens with two attached hydrogens (primary N) is 1. The van der Waals surface area contributed by atoms with Crippen LogP contribution in [0.3, 0.4) is 0 Å². The maximum atomic E-state index is 6.49. The lowest BCUT2D eigenvalue weighted by molar-refractivity contribution is -0.0442. The fourth-order valence-electron chi connectivity index (χ4n) is 3.01. The molecule has 0 aliphatic heterocycles. The first kappa shape index (κ1) is 15.1. The Kier molecular flexibility index (Phi) is 5.13. The summed E-state index contributed by atoms with van der Waals surface area (Å²) < 4.78 is 5.84. The van der Waals surface area contributed by atoms with E-state index in [0.29, 0.717) is 10.0 Å². The van der Waals surface area contributed by atoms with Crippen LogP contribution in [0, 0.1) is 0 Å². The highest BCUT2D eigenvalue weighted by Gasteiger charge is 2.38. The Morgan fingerprint density at radius 3 is 2.37 bits per heavy atom. The summed E-state index contributed by atoms with van der Waals surface area (Å²) in [4.78, 5) is 0. The van der Waals surface area contributed by atoms with Crippen molar-refractivity contribution in [3.8, 4) is 0 Å². The minimum absolute atomic E-state index is 0.234. The van der Waals surface area contributed by atoms with Crippen LogP contribution in [0.2, 0.25) is 10.0 Å². The molecule has 2 nitrogen and oxygen atoms in total. The molecule has 0 spiro atoms. The lowest BCUT2D eigenvalue weighted by Crippen LogP contribution is -2.42. The molecule has 1 saturated carbocycles. The Bertz CT molecular complexity index is 428. The van der Waals surface area contributed by atoms with Crippen LogP contribution in [0.25, 0.3) is 0 Å². The number of hydrogen-bond acceptors (Lipinski definition) is 2. The van der Waals surface area contributed by atoms with Crippen molar-refractivity contribution in [2.24, 2.45) is 5.73 Å². The molecule has 0 bridgehead atoms. The molecule has 4 heteroatoms. The summed E-state index contributed by atoms with van der Waals surface area (Å²) in [5.74, 6) is 0. The third kappa shape index (κ3) is 3.25. The van der Waals surface area contributed by atoms with Gasteiger partial charge in [-0.3, -0.25) is 0 Å². The lowest BCUT2D eigenvalue weighted by Gasteiger charge is -2.37. The summed E-state index contributed by atoms with van der Waals surface area (Å²) in [6.07, 6.45) is 6.77. The van der Waals surface area contributed by atoms with E-state index in [1.54, 1.807) is 19.2 Å². The van der Waals surface area contributed by atoms with Gasteiger partial charge in [-0.2, -0.15) is 0 Å². The summed E-state index contributed by atoms with van der Waals surface area (Å²) in [6.45, 7) is 0. The highest BCUT2D eigenvalue weighted by Crippen LogP contribution is 2.41. The quantitative estimate of drug-likeness (QED) is 0.819. The van der Waals surface area contributed by atoms with Crippen molar-refractivity contribution in [2.75, 3.05) is 7.11 Å². The molecule has 1 unspecified atom stereocenters. The van der Waals surface area contributed by atoms with Crippen LogP contribution in [0.1, 0.15) is 50.1 Å². The average Bonchev–Trinajstić information content (AvgIpc) is 2.67. The lowest BCUT2D eigenvalue weighted by atomic mass is 9.82. The van der Waals surface area contributed by atoms with Crippen LogP contribution in [-0.4, -0.2) is 12.7 Å². The standard InChI is InChI=1S/C15H21Cl2NO/c1-19-15(8-4-2-3-5-9-15)14(18)12-10-11(16)6-7-13(12)17/h6-7,10,14H,2-5,8-9,18H2,1H3. The van der Waals surface area contributed by atoms with Crippen molar-refractivity contribution in [1.29, 1.82) is 0 Å². The smallest absolute Gasteiger partial charge is 0.0870 e. The summed E-state index contributed by atoms with van der Waals surface area (Å²) in [6, 6.07) is 5.22. The second-order valence-corrected chi connectivity index (χ2v) is 6.17. The molecular formula is C15H21Cl2NO. The van der Waals surface area contributed by atoms with E-state index in [1.165, 1.54) is 12.8 Å². The van der Waals surface area contributed by atoms with Gasteiger partial charge in [-0.25, -0.2) is 0 Å². The fourth-order valence-corrected chi connectivity index (χ4v) is 3.42. The molecule has 1 aromatic rings. The SMILES string of the molecule is COC1(C(N)c2cc(Cl)ccc2Cl)CCCCCC1. The molecule has 0 amide bonds. The monoisotopic (exact) mass is 301 g/mol. The van der Waals surface area contributed by atoms with Gasteiger partial charge in [0, 0.05) is 17.2 Å². The van der Waals surface area contributed by atoms with Gasteiger partial charge in [0.05, 0.1) is 11.6 Å². The van der Waals surface area contributed by atoms with Crippen molar-refractivity contribution in [2.45, 2.75) is 50.2 Å². The average molecular weight is 302 g/mol. The largest absolute Gasteiger partial charge is 0.376 e. The van der Waals surface area contributed by atoms with Gasteiger partial charge >= 0.3 is 0 Å². The van der Waals surface area contributed by atoms with E-state index in [2.05, 4.69) is 0 Å². The number of benzene rings is 1. The first-order chi connectivity index (χ1) is 9.09.